The summed E-state index contributed by atoms with van der Waals surface area (Å²) in [5, 5.41) is 13.9. The van der Waals surface area contributed by atoms with Crippen LogP contribution in [-0.2, 0) is 13.5 Å². The fraction of sp³-hybridized carbons (Fsp3) is 0.400. The van der Waals surface area contributed by atoms with E-state index in [9.17, 15) is 5.11 Å². The van der Waals surface area contributed by atoms with E-state index in [2.05, 4.69) is 10.1 Å². The van der Waals surface area contributed by atoms with Gasteiger partial charge in [-0.2, -0.15) is 5.10 Å². The molecule has 0 aromatic carbocycles. The Morgan fingerprint density at radius 3 is 3.07 bits per heavy atom. The van der Waals surface area contributed by atoms with Crippen molar-refractivity contribution in [1.29, 1.82) is 0 Å². The van der Waals surface area contributed by atoms with E-state index in [1.54, 1.807) is 17.9 Å². The van der Waals surface area contributed by atoms with Gasteiger partial charge in [-0.25, -0.2) is 0 Å². The Morgan fingerprint density at radius 1 is 1.60 bits per heavy atom. The lowest BCUT2D eigenvalue weighted by molar-refractivity contribution is 0.170. The predicted octanol–water partition coefficient (Wildman–Crippen LogP) is 1.54. The third-order valence-electron chi connectivity index (χ3n) is 2.38. The lowest BCUT2D eigenvalue weighted by atomic mass is 10.1. The molecule has 0 saturated heterocycles. The Bertz CT molecular complexity index is 410. The molecule has 0 amide bonds. The van der Waals surface area contributed by atoms with Gasteiger partial charge < -0.3 is 5.11 Å². The largest absolute Gasteiger partial charge is 0.388 e. The average molecular weight is 223 g/mol. The van der Waals surface area contributed by atoms with Crippen LogP contribution in [0.15, 0.2) is 24.0 Å². The number of aliphatic hydroxyl groups excluding tert-OH is 1. The minimum Gasteiger partial charge on any atom is -0.388 e. The Balaban J connectivity index is 1.91. The zero-order valence-corrected chi connectivity index (χ0v) is 9.31. The van der Waals surface area contributed by atoms with Crippen molar-refractivity contribution in [3.05, 3.63) is 34.5 Å². The molecule has 0 spiro atoms. The molecule has 4 nitrogen and oxygen atoms in total. The summed E-state index contributed by atoms with van der Waals surface area (Å²) in [6.45, 7) is 0. The van der Waals surface area contributed by atoms with Gasteiger partial charge in [-0.3, -0.25) is 9.67 Å². The number of nitrogens with zero attached hydrogens (tertiary/aromatic N) is 3. The number of rotatable bonds is 4. The van der Waals surface area contributed by atoms with Crippen LogP contribution in [0.5, 0.6) is 0 Å². The number of hydrogen-bond acceptors (Lipinski definition) is 4. The van der Waals surface area contributed by atoms with E-state index in [1.165, 1.54) is 11.3 Å². The fourth-order valence-electron chi connectivity index (χ4n) is 1.46. The molecule has 0 saturated carbocycles. The van der Waals surface area contributed by atoms with Crippen molar-refractivity contribution < 1.29 is 5.11 Å². The minimum atomic E-state index is -0.410. The van der Waals surface area contributed by atoms with Crippen LogP contribution in [0.3, 0.4) is 0 Å². The first-order valence-electron chi connectivity index (χ1n) is 4.80. The van der Waals surface area contributed by atoms with E-state index in [-0.39, 0.29) is 0 Å². The zero-order valence-electron chi connectivity index (χ0n) is 8.50. The standard InChI is InChI=1S/C10H13N3OS/c1-13-8(4-5-12-13)2-3-9(14)10-6-11-7-15-10/h4-7,9,14H,2-3H2,1H3. The molecule has 1 atom stereocenters. The molecule has 2 rings (SSSR count). The fourth-order valence-corrected chi connectivity index (χ4v) is 2.10. The maximum absolute atomic E-state index is 9.84. The molecular weight excluding hydrogens is 210 g/mol. The third kappa shape index (κ3) is 2.43. The molecule has 0 radical (unpaired) electrons. The second-order valence-corrected chi connectivity index (χ2v) is 4.32. The Kier molecular flexibility index (Phi) is 3.13. The predicted molar refractivity (Wildman–Crippen MR) is 58.6 cm³/mol. The average Bonchev–Trinajstić information content (AvgIpc) is 2.85. The summed E-state index contributed by atoms with van der Waals surface area (Å²) in [6.07, 6.45) is 4.62. The molecule has 2 heterocycles. The highest BCUT2D eigenvalue weighted by Crippen LogP contribution is 2.21. The van der Waals surface area contributed by atoms with Crippen LogP contribution in [0.1, 0.15) is 23.1 Å². The Labute approximate surface area is 92.2 Å². The van der Waals surface area contributed by atoms with Gasteiger partial charge in [0.05, 0.1) is 16.5 Å². The van der Waals surface area contributed by atoms with Gasteiger partial charge in [-0.05, 0) is 18.9 Å². The van der Waals surface area contributed by atoms with E-state index in [1.807, 2.05) is 17.8 Å². The van der Waals surface area contributed by atoms with Gasteiger partial charge in [0.2, 0.25) is 0 Å². The summed E-state index contributed by atoms with van der Waals surface area (Å²) in [6, 6.07) is 1.97. The topological polar surface area (TPSA) is 50.9 Å². The van der Waals surface area contributed by atoms with E-state index in [0.717, 1.165) is 17.0 Å². The molecule has 0 aliphatic heterocycles. The van der Waals surface area contributed by atoms with Crippen LogP contribution in [0, 0.1) is 0 Å². The van der Waals surface area contributed by atoms with Gasteiger partial charge in [-0.15, -0.1) is 11.3 Å². The van der Waals surface area contributed by atoms with Crippen LogP contribution in [-0.4, -0.2) is 19.9 Å². The number of aryl methyl sites for hydroxylation is 2. The van der Waals surface area contributed by atoms with Crippen molar-refractivity contribution in [2.24, 2.45) is 7.05 Å². The van der Waals surface area contributed by atoms with E-state index in [4.69, 9.17) is 0 Å². The molecule has 2 aromatic rings. The van der Waals surface area contributed by atoms with Gasteiger partial charge in [0, 0.05) is 25.1 Å². The minimum absolute atomic E-state index is 0.410. The van der Waals surface area contributed by atoms with Gasteiger partial charge in [0.25, 0.3) is 0 Å². The summed E-state index contributed by atoms with van der Waals surface area (Å²) in [5.74, 6) is 0. The first kappa shape index (κ1) is 10.3. The van der Waals surface area contributed by atoms with Gasteiger partial charge in [0.1, 0.15) is 0 Å². The molecule has 1 unspecified atom stereocenters. The van der Waals surface area contributed by atoms with Crippen molar-refractivity contribution >= 4 is 11.3 Å². The summed E-state index contributed by atoms with van der Waals surface area (Å²) >= 11 is 1.49. The first-order chi connectivity index (χ1) is 7.27. The van der Waals surface area contributed by atoms with E-state index in [0.29, 0.717) is 6.42 Å². The highest BCUT2D eigenvalue weighted by molar-refractivity contribution is 7.09. The molecule has 0 aliphatic rings. The first-order valence-corrected chi connectivity index (χ1v) is 5.68. The van der Waals surface area contributed by atoms with Crippen molar-refractivity contribution in [3.8, 4) is 0 Å². The molecule has 80 valence electrons. The summed E-state index contributed by atoms with van der Waals surface area (Å²) in [5.41, 5.74) is 2.88. The Hall–Kier alpha value is -1.20. The number of aromatic nitrogens is 3. The van der Waals surface area contributed by atoms with E-state index < -0.39 is 6.10 Å². The van der Waals surface area contributed by atoms with Gasteiger partial charge in [0.15, 0.2) is 0 Å². The lowest BCUT2D eigenvalue weighted by Gasteiger charge is -2.07. The molecule has 0 fully saturated rings. The van der Waals surface area contributed by atoms with Crippen molar-refractivity contribution in [2.45, 2.75) is 18.9 Å². The number of aliphatic hydroxyl groups is 1. The van der Waals surface area contributed by atoms with Crippen molar-refractivity contribution in [2.75, 3.05) is 0 Å². The highest BCUT2D eigenvalue weighted by Gasteiger charge is 2.10. The maximum Gasteiger partial charge on any atom is 0.0901 e. The van der Waals surface area contributed by atoms with Crippen LogP contribution in [0.4, 0.5) is 0 Å². The second-order valence-electron chi connectivity index (χ2n) is 3.40. The zero-order chi connectivity index (χ0) is 10.7. The third-order valence-corrected chi connectivity index (χ3v) is 3.25. The normalized spacial score (nSPS) is 12.9. The molecule has 15 heavy (non-hydrogen) atoms. The molecule has 0 bridgehead atoms. The van der Waals surface area contributed by atoms with Crippen LogP contribution in [0.25, 0.3) is 0 Å². The smallest absolute Gasteiger partial charge is 0.0901 e. The second kappa shape index (κ2) is 4.55. The molecule has 0 aliphatic carbocycles. The summed E-state index contributed by atoms with van der Waals surface area (Å²) in [7, 11) is 1.91. The molecule has 1 N–H and O–H groups in total. The van der Waals surface area contributed by atoms with E-state index >= 15 is 0 Å². The summed E-state index contributed by atoms with van der Waals surface area (Å²) in [4.78, 5) is 4.87. The van der Waals surface area contributed by atoms with Crippen molar-refractivity contribution in [1.82, 2.24) is 14.8 Å². The molecule has 2 aromatic heterocycles. The summed E-state index contributed by atoms with van der Waals surface area (Å²) < 4.78 is 1.83. The van der Waals surface area contributed by atoms with Crippen LogP contribution >= 0.6 is 11.3 Å². The van der Waals surface area contributed by atoms with Gasteiger partial charge >= 0.3 is 0 Å². The molecule has 5 heteroatoms. The van der Waals surface area contributed by atoms with Crippen LogP contribution in [0.2, 0.25) is 0 Å². The number of thiazole rings is 1. The van der Waals surface area contributed by atoms with Crippen molar-refractivity contribution in [3.63, 3.8) is 0 Å². The Morgan fingerprint density at radius 2 is 2.47 bits per heavy atom. The lowest BCUT2D eigenvalue weighted by Crippen LogP contribution is -2.02. The van der Waals surface area contributed by atoms with Gasteiger partial charge in [-0.1, -0.05) is 0 Å². The number of hydrogen-bond donors (Lipinski definition) is 1. The monoisotopic (exact) mass is 223 g/mol. The molecular formula is C10H13N3OS. The SMILES string of the molecule is Cn1nccc1CCC(O)c1cncs1. The quantitative estimate of drug-likeness (QED) is 0.855. The van der Waals surface area contributed by atoms with Crippen LogP contribution < -0.4 is 0 Å². The highest BCUT2D eigenvalue weighted by atomic mass is 32.1. The maximum atomic E-state index is 9.84.